The largest absolute Gasteiger partial charge is 0.395 e. The molecule has 0 saturated carbocycles. The number of nitrogens with zero attached hydrogens (tertiary/aromatic N) is 1. The van der Waals surface area contributed by atoms with Gasteiger partial charge in [0, 0.05) is 24.4 Å². The molecule has 0 radical (unpaired) electrons. The van der Waals surface area contributed by atoms with Crippen LogP contribution in [0.1, 0.15) is 27.3 Å². The zero-order valence-corrected chi connectivity index (χ0v) is 13.4. The van der Waals surface area contributed by atoms with Crippen molar-refractivity contribution in [2.24, 2.45) is 0 Å². The van der Waals surface area contributed by atoms with Gasteiger partial charge in [-0.05, 0) is 37.2 Å². The Kier molecular flexibility index (Phi) is 6.01. The summed E-state index contributed by atoms with van der Waals surface area (Å²) < 4.78 is 0. The van der Waals surface area contributed by atoms with E-state index in [9.17, 15) is 0 Å². The van der Waals surface area contributed by atoms with E-state index >= 15 is 0 Å². The quantitative estimate of drug-likeness (QED) is 0.855. The van der Waals surface area contributed by atoms with Crippen LogP contribution in [-0.2, 0) is 13.1 Å². The molecule has 0 aliphatic rings. The first-order valence-electron chi connectivity index (χ1n) is 7.10. The fourth-order valence-electron chi connectivity index (χ4n) is 2.14. The maximum atomic E-state index is 8.73. The number of rotatable bonds is 5. The van der Waals surface area contributed by atoms with Gasteiger partial charge in [0.05, 0.1) is 11.5 Å². The molecule has 21 heavy (non-hydrogen) atoms. The smallest absolute Gasteiger partial charge is 0.0771 e. The fourth-order valence-corrected chi connectivity index (χ4v) is 3.10. The summed E-state index contributed by atoms with van der Waals surface area (Å²) in [7, 11) is 2.14. The molecule has 0 unspecified atom stereocenters. The number of hydrogen-bond acceptors (Lipinski definition) is 3. The molecule has 3 heteroatoms. The molecule has 1 aromatic heterocycles. The van der Waals surface area contributed by atoms with Gasteiger partial charge in [0.15, 0.2) is 0 Å². The standard InChI is InChI=1S/C18H21NOS/c1-15-7-3-4-8-16(15)13-19(2)14-18-11-10-17(21-18)9-5-6-12-20/h3-4,7-8,10-11,20H,6,12-14H2,1-2H3. The summed E-state index contributed by atoms with van der Waals surface area (Å²) in [6.45, 7) is 4.17. The van der Waals surface area contributed by atoms with Crippen LogP contribution in [0.4, 0.5) is 0 Å². The molecule has 1 heterocycles. The Morgan fingerprint density at radius 1 is 1.14 bits per heavy atom. The van der Waals surface area contributed by atoms with Crippen molar-refractivity contribution in [2.45, 2.75) is 26.4 Å². The molecule has 0 saturated heterocycles. The van der Waals surface area contributed by atoms with E-state index in [1.807, 2.05) is 0 Å². The van der Waals surface area contributed by atoms with Crippen LogP contribution in [0, 0.1) is 18.8 Å². The number of hydrogen-bond donors (Lipinski definition) is 1. The van der Waals surface area contributed by atoms with Gasteiger partial charge in [0.25, 0.3) is 0 Å². The van der Waals surface area contributed by atoms with Gasteiger partial charge in [-0.25, -0.2) is 0 Å². The minimum atomic E-state index is 0.129. The van der Waals surface area contributed by atoms with E-state index in [0.717, 1.165) is 18.0 Å². The van der Waals surface area contributed by atoms with E-state index in [0.29, 0.717) is 6.42 Å². The number of benzene rings is 1. The lowest BCUT2D eigenvalue weighted by atomic mass is 10.1. The van der Waals surface area contributed by atoms with Crippen molar-refractivity contribution in [1.82, 2.24) is 4.90 Å². The molecule has 2 nitrogen and oxygen atoms in total. The first-order chi connectivity index (χ1) is 10.2. The molecular formula is C18H21NOS. The van der Waals surface area contributed by atoms with Crippen LogP contribution in [0.5, 0.6) is 0 Å². The van der Waals surface area contributed by atoms with E-state index < -0.39 is 0 Å². The van der Waals surface area contributed by atoms with Crippen molar-refractivity contribution >= 4 is 11.3 Å². The lowest BCUT2D eigenvalue weighted by Crippen LogP contribution is -2.17. The maximum absolute atomic E-state index is 8.73. The Bertz CT molecular complexity index is 636. The van der Waals surface area contributed by atoms with Crippen molar-refractivity contribution in [3.05, 3.63) is 57.3 Å². The molecule has 0 bridgehead atoms. The molecule has 1 aromatic carbocycles. The lowest BCUT2D eigenvalue weighted by molar-refractivity contribution is 0.305. The summed E-state index contributed by atoms with van der Waals surface area (Å²) in [5.74, 6) is 6.05. The first kappa shape index (κ1) is 15.8. The third-order valence-corrected chi connectivity index (χ3v) is 4.22. The van der Waals surface area contributed by atoms with Crippen LogP contribution in [-0.4, -0.2) is 23.7 Å². The van der Waals surface area contributed by atoms with Gasteiger partial charge in [0.2, 0.25) is 0 Å². The summed E-state index contributed by atoms with van der Waals surface area (Å²) in [4.78, 5) is 4.71. The second kappa shape index (κ2) is 7.99. The van der Waals surface area contributed by atoms with Gasteiger partial charge in [-0.15, -0.1) is 11.3 Å². The summed E-state index contributed by atoms with van der Waals surface area (Å²) in [6.07, 6.45) is 0.542. The highest BCUT2D eigenvalue weighted by atomic mass is 32.1. The predicted octanol–water partition coefficient (Wildman–Crippen LogP) is 3.42. The Labute approximate surface area is 131 Å². The zero-order valence-electron chi connectivity index (χ0n) is 12.6. The van der Waals surface area contributed by atoms with Crippen LogP contribution in [0.3, 0.4) is 0 Å². The predicted molar refractivity (Wildman–Crippen MR) is 89.2 cm³/mol. The summed E-state index contributed by atoms with van der Waals surface area (Å²) in [6, 6.07) is 12.7. The van der Waals surface area contributed by atoms with Crippen molar-refractivity contribution in [3.8, 4) is 11.8 Å². The number of thiophene rings is 1. The van der Waals surface area contributed by atoms with Gasteiger partial charge >= 0.3 is 0 Å². The topological polar surface area (TPSA) is 23.5 Å². The molecule has 0 spiro atoms. The lowest BCUT2D eigenvalue weighted by Gasteiger charge is -2.17. The summed E-state index contributed by atoms with van der Waals surface area (Å²) in [5, 5.41) is 8.73. The van der Waals surface area contributed by atoms with Crippen molar-refractivity contribution in [1.29, 1.82) is 0 Å². The van der Waals surface area contributed by atoms with E-state index in [2.05, 4.69) is 67.1 Å². The second-order valence-electron chi connectivity index (χ2n) is 5.14. The van der Waals surface area contributed by atoms with E-state index in [1.165, 1.54) is 16.0 Å². The highest BCUT2D eigenvalue weighted by molar-refractivity contribution is 7.12. The van der Waals surface area contributed by atoms with Crippen molar-refractivity contribution in [3.63, 3.8) is 0 Å². The number of aliphatic hydroxyl groups excluding tert-OH is 1. The monoisotopic (exact) mass is 299 g/mol. The maximum Gasteiger partial charge on any atom is 0.0771 e. The van der Waals surface area contributed by atoms with E-state index in [4.69, 9.17) is 5.11 Å². The van der Waals surface area contributed by atoms with Crippen LogP contribution >= 0.6 is 11.3 Å². The third-order valence-electron chi connectivity index (χ3n) is 3.24. The zero-order chi connectivity index (χ0) is 15.1. The minimum absolute atomic E-state index is 0.129. The van der Waals surface area contributed by atoms with Gasteiger partial charge in [-0.1, -0.05) is 36.1 Å². The van der Waals surface area contributed by atoms with Crippen LogP contribution in [0.15, 0.2) is 36.4 Å². The van der Waals surface area contributed by atoms with Gasteiger partial charge in [0.1, 0.15) is 0 Å². The molecule has 2 rings (SSSR count). The van der Waals surface area contributed by atoms with Gasteiger partial charge in [-0.2, -0.15) is 0 Å². The van der Waals surface area contributed by atoms with E-state index in [-0.39, 0.29) is 6.61 Å². The molecule has 0 atom stereocenters. The van der Waals surface area contributed by atoms with Crippen molar-refractivity contribution in [2.75, 3.05) is 13.7 Å². The average Bonchev–Trinajstić information content (AvgIpc) is 2.89. The summed E-state index contributed by atoms with van der Waals surface area (Å²) >= 11 is 1.73. The van der Waals surface area contributed by atoms with Crippen LogP contribution in [0.25, 0.3) is 0 Å². The minimum Gasteiger partial charge on any atom is -0.395 e. The molecular weight excluding hydrogens is 278 g/mol. The highest BCUT2D eigenvalue weighted by Gasteiger charge is 2.05. The van der Waals surface area contributed by atoms with Gasteiger partial charge < -0.3 is 5.11 Å². The first-order valence-corrected chi connectivity index (χ1v) is 7.92. The Morgan fingerprint density at radius 2 is 1.95 bits per heavy atom. The van der Waals surface area contributed by atoms with Crippen LogP contribution < -0.4 is 0 Å². The average molecular weight is 299 g/mol. The number of aliphatic hydroxyl groups is 1. The normalized spacial score (nSPS) is 10.5. The Hall–Kier alpha value is -1.60. The SMILES string of the molecule is Cc1ccccc1CN(C)Cc1ccc(C#CCCO)s1. The molecule has 1 N–H and O–H groups in total. The van der Waals surface area contributed by atoms with Crippen LogP contribution in [0.2, 0.25) is 0 Å². The molecule has 0 fully saturated rings. The summed E-state index contributed by atoms with van der Waals surface area (Å²) in [5.41, 5.74) is 2.71. The highest BCUT2D eigenvalue weighted by Crippen LogP contribution is 2.18. The molecule has 0 aliphatic carbocycles. The third kappa shape index (κ3) is 5.02. The molecule has 0 amide bonds. The second-order valence-corrected chi connectivity index (χ2v) is 6.31. The molecule has 2 aromatic rings. The fraction of sp³-hybridized carbons (Fsp3) is 0.333. The molecule has 0 aliphatic heterocycles. The Balaban J connectivity index is 1.93. The van der Waals surface area contributed by atoms with Gasteiger partial charge in [-0.3, -0.25) is 4.90 Å². The van der Waals surface area contributed by atoms with Crippen molar-refractivity contribution < 1.29 is 5.11 Å². The number of aryl methyl sites for hydroxylation is 1. The Morgan fingerprint density at radius 3 is 2.71 bits per heavy atom. The molecule has 110 valence electrons. The van der Waals surface area contributed by atoms with E-state index in [1.54, 1.807) is 11.3 Å².